The number of anilines is 2. The number of methoxy groups -OCH3 is 1. The quantitative estimate of drug-likeness (QED) is 0.683. The van der Waals surface area contributed by atoms with Crippen LogP contribution in [0.5, 0.6) is 6.01 Å². The summed E-state index contributed by atoms with van der Waals surface area (Å²) in [6.07, 6.45) is 0.363. The van der Waals surface area contributed by atoms with E-state index in [1.54, 1.807) is 0 Å². The molecule has 0 aromatic carbocycles. The molecule has 0 aliphatic heterocycles. The van der Waals surface area contributed by atoms with Crippen LogP contribution in [-0.2, 0) is 0 Å². The summed E-state index contributed by atoms with van der Waals surface area (Å²) in [5.74, 6) is 0.483. The van der Waals surface area contributed by atoms with Crippen molar-refractivity contribution in [3.63, 3.8) is 0 Å². The van der Waals surface area contributed by atoms with Gasteiger partial charge in [0, 0.05) is 11.5 Å². The minimum Gasteiger partial charge on any atom is -0.467 e. The van der Waals surface area contributed by atoms with Crippen LogP contribution >= 0.6 is 0 Å². The Kier molecular flexibility index (Phi) is 2.78. The summed E-state index contributed by atoms with van der Waals surface area (Å²) in [6, 6.07) is 0.293. The maximum absolute atomic E-state index is 9.64. The molecule has 0 radical (unpaired) electrons. The van der Waals surface area contributed by atoms with Crippen LogP contribution in [0.2, 0.25) is 0 Å². The molecule has 2 atom stereocenters. The van der Waals surface area contributed by atoms with Crippen LogP contribution in [0, 0.1) is 5.41 Å². The van der Waals surface area contributed by atoms with Gasteiger partial charge in [0.1, 0.15) is 0 Å². The summed E-state index contributed by atoms with van der Waals surface area (Å²) in [7, 11) is 1.47. The first-order chi connectivity index (χ1) is 7.93. The number of nitrogens with two attached hydrogens (primary N) is 1. The normalized spacial score (nSPS) is 26.1. The van der Waals surface area contributed by atoms with Gasteiger partial charge in [-0.1, -0.05) is 13.8 Å². The number of aromatic nitrogens is 3. The molecule has 0 spiro atoms. The smallest absolute Gasteiger partial charge is 0.322 e. The van der Waals surface area contributed by atoms with E-state index in [4.69, 9.17) is 10.5 Å². The fourth-order valence-electron chi connectivity index (χ4n) is 1.83. The minimum atomic E-state index is -0.305. The van der Waals surface area contributed by atoms with E-state index < -0.39 is 0 Å². The van der Waals surface area contributed by atoms with Crippen LogP contribution in [0.3, 0.4) is 0 Å². The van der Waals surface area contributed by atoms with Gasteiger partial charge in [0.25, 0.3) is 0 Å². The summed E-state index contributed by atoms with van der Waals surface area (Å²) in [6.45, 7) is 3.97. The molecule has 1 aliphatic carbocycles. The largest absolute Gasteiger partial charge is 0.467 e. The minimum absolute atomic E-state index is 0.108. The summed E-state index contributed by atoms with van der Waals surface area (Å²) in [5, 5.41) is 12.8. The molecule has 1 aromatic rings. The second-order valence-electron chi connectivity index (χ2n) is 4.77. The molecule has 0 amide bonds. The third kappa shape index (κ3) is 2.10. The fraction of sp³-hybridized carbons (Fsp3) is 0.700. The third-order valence-corrected chi connectivity index (χ3v) is 3.33. The first-order valence-electron chi connectivity index (χ1n) is 5.43. The Hall–Kier alpha value is -1.63. The van der Waals surface area contributed by atoms with E-state index in [0.717, 1.165) is 0 Å². The van der Waals surface area contributed by atoms with Crippen molar-refractivity contribution in [2.75, 3.05) is 18.2 Å². The Morgan fingerprint density at radius 3 is 2.65 bits per heavy atom. The van der Waals surface area contributed by atoms with Gasteiger partial charge in [-0.25, -0.2) is 0 Å². The molecule has 7 nitrogen and oxygen atoms in total. The summed E-state index contributed by atoms with van der Waals surface area (Å²) in [4.78, 5) is 11.8. The maximum atomic E-state index is 9.64. The molecule has 2 unspecified atom stereocenters. The molecule has 17 heavy (non-hydrogen) atoms. The Labute approximate surface area is 99.4 Å². The Bertz CT molecular complexity index is 423. The van der Waals surface area contributed by atoms with Gasteiger partial charge in [-0.15, -0.1) is 0 Å². The van der Waals surface area contributed by atoms with Crippen LogP contribution in [0.4, 0.5) is 11.9 Å². The second kappa shape index (κ2) is 3.99. The van der Waals surface area contributed by atoms with Crippen LogP contribution < -0.4 is 15.8 Å². The van der Waals surface area contributed by atoms with Crippen LogP contribution in [-0.4, -0.2) is 39.3 Å². The van der Waals surface area contributed by atoms with E-state index in [9.17, 15) is 5.11 Å². The van der Waals surface area contributed by atoms with Crippen LogP contribution in [0.25, 0.3) is 0 Å². The fourth-order valence-corrected chi connectivity index (χ4v) is 1.83. The topological polar surface area (TPSA) is 106 Å². The van der Waals surface area contributed by atoms with E-state index in [1.165, 1.54) is 7.11 Å². The summed E-state index contributed by atoms with van der Waals surface area (Å²) in [5.41, 5.74) is 5.33. The molecular weight excluding hydrogens is 222 g/mol. The highest BCUT2D eigenvalue weighted by Crippen LogP contribution is 2.41. The first kappa shape index (κ1) is 11.8. The zero-order chi connectivity index (χ0) is 12.6. The van der Waals surface area contributed by atoms with Crippen molar-refractivity contribution in [2.45, 2.75) is 32.4 Å². The predicted octanol–water partition coefficient (Wildman–Crippen LogP) is 0.0337. The zero-order valence-electron chi connectivity index (χ0n) is 10.1. The lowest BCUT2D eigenvalue weighted by Crippen LogP contribution is -2.57. The third-order valence-electron chi connectivity index (χ3n) is 3.33. The predicted molar refractivity (Wildman–Crippen MR) is 62.6 cm³/mol. The highest BCUT2D eigenvalue weighted by atomic mass is 16.5. The molecule has 1 fully saturated rings. The van der Waals surface area contributed by atoms with Crippen molar-refractivity contribution in [3.8, 4) is 6.01 Å². The number of ether oxygens (including phenoxy) is 1. The number of aliphatic hydroxyl groups excluding tert-OH is 1. The van der Waals surface area contributed by atoms with E-state index in [1.807, 2.05) is 13.8 Å². The van der Waals surface area contributed by atoms with Gasteiger partial charge in [0.2, 0.25) is 11.9 Å². The van der Waals surface area contributed by atoms with Gasteiger partial charge in [0.15, 0.2) is 0 Å². The molecule has 0 bridgehead atoms. The zero-order valence-corrected chi connectivity index (χ0v) is 10.1. The van der Waals surface area contributed by atoms with E-state index in [-0.39, 0.29) is 29.5 Å². The Balaban J connectivity index is 2.12. The average Bonchev–Trinajstić information content (AvgIpc) is 2.28. The van der Waals surface area contributed by atoms with Gasteiger partial charge in [-0.05, 0) is 6.42 Å². The highest BCUT2D eigenvalue weighted by Gasteiger charge is 2.47. The number of hydrogen-bond acceptors (Lipinski definition) is 7. The highest BCUT2D eigenvalue weighted by molar-refractivity contribution is 5.35. The lowest BCUT2D eigenvalue weighted by Gasteiger charge is -2.49. The lowest BCUT2D eigenvalue weighted by atomic mass is 9.65. The number of nitrogens with one attached hydrogen (secondary N) is 1. The van der Waals surface area contributed by atoms with Gasteiger partial charge >= 0.3 is 6.01 Å². The lowest BCUT2D eigenvalue weighted by molar-refractivity contribution is -0.0512. The van der Waals surface area contributed by atoms with Crippen LogP contribution in [0.1, 0.15) is 20.3 Å². The Morgan fingerprint density at radius 2 is 2.12 bits per heavy atom. The second-order valence-corrected chi connectivity index (χ2v) is 4.77. The standard InChI is InChI=1S/C10H17N5O2/c1-10(2)5(4-6(10)16)12-8-13-7(11)14-9(15-8)17-3/h5-6,16H,4H2,1-3H3,(H3,11,12,13,14,15). The van der Waals surface area contributed by atoms with Crippen molar-refractivity contribution in [3.05, 3.63) is 0 Å². The molecule has 94 valence electrons. The van der Waals surface area contributed by atoms with Gasteiger partial charge in [0.05, 0.1) is 13.2 Å². The van der Waals surface area contributed by atoms with Crippen molar-refractivity contribution in [2.24, 2.45) is 5.41 Å². The molecule has 1 saturated carbocycles. The van der Waals surface area contributed by atoms with Crippen LogP contribution in [0.15, 0.2) is 0 Å². The number of rotatable bonds is 3. The van der Waals surface area contributed by atoms with E-state index in [0.29, 0.717) is 12.4 Å². The number of hydrogen-bond donors (Lipinski definition) is 3. The molecule has 0 saturated heterocycles. The monoisotopic (exact) mass is 239 g/mol. The average molecular weight is 239 g/mol. The molecule has 4 N–H and O–H groups in total. The first-order valence-corrected chi connectivity index (χ1v) is 5.43. The molecule has 7 heteroatoms. The number of nitrogen functional groups attached to an aromatic ring is 1. The SMILES string of the molecule is COc1nc(N)nc(NC2CC(O)C2(C)C)n1. The van der Waals surface area contributed by atoms with Gasteiger partial charge in [-0.3, -0.25) is 0 Å². The van der Waals surface area contributed by atoms with Crippen molar-refractivity contribution >= 4 is 11.9 Å². The van der Waals surface area contributed by atoms with Crippen molar-refractivity contribution < 1.29 is 9.84 Å². The van der Waals surface area contributed by atoms with Gasteiger partial charge < -0.3 is 20.9 Å². The maximum Gasteiger partial charge on any atom is 0.322 e. The Morgan fingerprint density at radius 1 is 1.41 bits per heavy atom. The molecule has 1 aliphatic rings. The summed E-state index contributed by atoms with van der Waals surface area (Å²) < 4.78 is 4.91. The molecule has 1 heterocycles. The van der Waals surface area contributed by atoms with Crippen molar-refractivity contribution in [1.82, 2.24) is 15.0 Å². The van der Waals surface area contributed by atoms with E-state index in [2.05, 4.69) is 20.3 Å². The molecular formula is C10H17N5O2. The summed E-state index contributed by atoms with van der Waals surface area (Å²) >= 11 is 0. The number of nitrogens with zero attached hydrogens (tertiary/aromatic N) is 3. The molecule has 2 rings (SSSR count). The van der Waals surface area contributed by atoms with E-state index >= 15 is 0 Å². The van der Waals surface area contributed by atoms with Crippen molar-refractivity contribution in [1.29, 1.82) is 0 Å². The van der Waals surface area contributed by atoms with Gasteiger partial charge in [-0.2, -0.15) is 15.0 Å². The number of aliphatic hydroxyl groups is 1. The molecule has 1 aromatic heterocycles.